The van der Waals surface area contributed by atoms with Crippen molar-refractivity contribution in [3.8, 4) is 0 Å². The van der Waals surface area contributed by atoms with E-state index in [9.17, 15) is 14.7 Å². The lowest BCUT2D eigenvalue weighted by atomic mass is 9.75. The lowest BCUT2D eigenvalue weighted by Crippen LogP contribution is -2.55. The van der Waals surface area contributed by atoms with E-state index in [4.69, 9.17) is 4.74 Å². The molecule has 6 nitrogen and oxygen atoms in total. The van der Waals surface area contributed by atoms with Crippen molar-refractivity contribution in [2.24, 2.45) is 11.8 Å². The van der Waals surface area contributed by atoms with E-state index in [1.807, 2.05) is 20.8 Å². The maximum Gasteiger partial charge on any atom is 0.407 e. The van der Waals surface area contributed by atoms with Gasteiger partial charge >= 0.3 is 12.2 Å². The lowest BCUT2D eigenvalue weighted by molar-refractivity contribution is 0.0399. The number of ether oxygens (including phenoxy) is 1. The third-order valence-electron chi connectivity index (χ3n) is 4.59. The molecular weight excluding hydrogens is 284 g/mol. The summed E-state index contributed by atoms with van der Waals surface area (Å²) >= 11 is 0. The smallest absolute Gasteiger partial charge is 0.407 e. The molecule has 1 aliphatic carbocycles. The number of hydrogen-bond acceptors (Lipinski definition) is 3. The van der Waals surface area contributed by atoms with Gasteiger partial charge in [0.1, 0.15) is 5.60 Å². The van der Waals surface area contributed by atoms with Crippen LogP contribution in [0.4, 0.5) is 9.59 Å². The molecule has 2 amide bonds. The fourth-order valence-electron chi connectivity index (χ4n) is 3.24. The van der Waals surface area contributed by atoms with E-state index in [1.165, 1.54) is 24.2 Å². The highest BCUT2D eigenvalue weighted by Crippen LogP contribution is 2.35. The summed E-state index contributed by atoms with van der Waals surface area (Å²) in [4.78, 5) is 24.6. The highest BCUT2D eigenvalue weighted by Gasteiger charge is 2.35. The van der Waals surface area contributed by atoms with Gasteiger partial charge in [-0.15, -0.1) is 0 Å². The average Bonchev–Trinajstić information content (AvgIpc) is 2.32. The maximum atomic E-state index is 12.0. The van der Waals surface area contributed by atoms with Gasteiger partial charge in [0.25, 0.3) is 0 Å². The zero-order valence-electron chi connectivity index (χ0n) is 13.8. The molecule has 1 saturated heterocycles. The molecule has 0 aromatic carbocycles. The van der Waals surface area contributed by atoms with Crippen molar-refractivity contribution in [1.29, 1.82) is 0 Å². The Balaban J connectivity index is 1.95. The van der Waals surface area contributed by atoms with Crippen molar-refractivity contribution < 1.29 is 19.4 Å². The van der Waals surface area contributed by atoms with Gasteiger partial charge in [-0.2, -0.15) is 0 Å². The Hall–Kier alpha value is -1.46. The van der Waals surface area contributed by atoms with E-state index in [2.05, 4.69) is 5.32 Å². The summed E-state index contributed by atoms with van der Waals surface area (Å²) in [5.74, 6) is 1.08. The van der Waals surface area contributed by atoms with Crippen molar-refractivity contribution in [2.75, 3.05) is 13.1 Å². The molecule has 1 heterocycles. The fourth-order valence-corrected chi connectivity index (χ4v) is 3.24. The molecule has 0 radical (unpaired) electrons. The summed E-state index contributed by atoms with van der Waals surface area (Å²) < 4.78 is 5.31. The summed E-state index contributed by atoms with van der Waals surface area (Å²) in [7, 11) is 0. The zero-order chi connectivity index (χ0) is 16.3. The van der Waals surface area contributed by atoms with E-state index >= 15 is 0 Å². The number of carboxylic acid groups (broad SMARTS) is 1. The molecule has 6 heteroatoms. The van der Waals surface area contributed by atoms with Crippen molar-refractivity contribution in [2.45, 2.75) is 64.5 Å². The van der Waals surface area contributed by atoms with Crippen molar-refractivity contribution in [1.82, 2.24) is 10.2 Å². The van der Waals surface area contributed by atoms with Crippen LogP contribution in [-0.4, -0.2) is 46.9 Å². The quantitative estimate of drug-likeness (QED) is 0.839. The second-order valence-corrected chi connectivity index (χ2v) is 7.56. The van der Waals surface area contributed by atoms with E-state index < -0.39 is 17.8 Å². The van der Waals surface area contributed by atoms with Crippen LogP contribution in [0, 0.1) is 11.8 Å². The molecular formula is C16H28N2O4. The highest BCUT2D eigenvalue weighted by molar-refractivity contribution is 5.69. The Morgan fingerprint density at radius 1 is 1.27 bits per heavy atom. The molecule has 0 bridgehead atoms. The molecule has 2 fully saturated rings. The number of nitrogens with one attached hydrogen (secondary N) is 1. The van der Waals surface area contributed by atoms with Crippen LogP contribution in [0.1, 0.15) is 52.9 Å². The van der Waals surface area contributed by atoms with E-state index in [0.717, 1.165) is 18.8 Å². The van der Waals surface area contributed by atoms with E-state index in [0.29, 0.717) is 19.0 Å². The highest BCUT2D eigenvalue weighted by atomic mass is 16.6. The lowest BCUT2D eigenvalue weighted by Gasteiger charge is -2.40. The number of alkyl carbamates (subject to hydrolysis) is 1. The second-order valence-electron chi connectivity index (χ2n) is 7.56. The van der Waals surface area contributed by atoms with Gasteiger partial charge in [0.2, 0.25) is 0 Å². The Morgan fingerprint density at radius 2 is 1.95 bits per heavy atom. The molecule has 2 aliphatic rings. The fraction of sp³-hybridized carbons (Fsp3) is 0.875. The molecule has 2 rings (SSSR count). The van der Waals surface area contributed by atoms with Crippen LogP contribution in [0.25, 0.3) is 0 Å². The predicted octanol–water partition coefficient (Wildman–Crippen LogP) is 3.07. The number of likely N-dealkylation sites (tertiary alicyclic amines) is 1. The maximum absolute atomic E-state index is 12.0. The molecule has 1 saturated carbocycles. The molecule has 0 aromatic rings. The number of piperidine rings is 1. The Morgan fingerprint density at radius 3 is 2.45 bits per heavy atom. The number of carbonyl (C=O) groups excluding carboxylic acids is 1. The minimum absolute atomic E-state index is 0.153. The van der Waals surface area contributed by atoms with Crippen molar-refractivity contribution in [3.05, 3.63) is 0 Å². The van der Waals surface area contributed by atoms with Crippen LogP contribution in [0.15, 0.2) is 0 Å². The van der Waals surface area contributed by atoms with Gasteiger partial charge in [0.05, 0.1) is 6.04 Å². The summed E-state index contributed by atoms with van der Waals surface area (Å²) in [5.41, 5.74) is -0.547. The third-order valence-corrected chi connectivity index (χ3v) is 4.59. The van der Waals surface area contributed by atoms with Gasteiger partial charge in [-0.05, 0) is 45.4 Å². The Kier molecular flexibility index (Phi) is 5.19. The van der Waals surface area contributed by atoms with Gasteiger partial charge in [-0.25, -0.2) is 9.59 Å². The molecule has 1 aliphatic heterocycles. The van der Waals surface area contributed by atoms with E-state index in [1.54, 1.807) is 0 Å². The first-order valence-electron chi connectivity index (χ1n) is 8.22. The van der Waals surface area contributed by atoms with Crippen LogP contribution in [0.2, 0.25) is 0 Å². The number of amides is 2. The van der Waals surface area contributed by atoms with Gasteiger partial charge in [0, 0.05) is 13.1 Å². The van der Waals surface area contributed by atoms with Crippen LogP contribution in [-0.2, 0) is 4.74 Å². The number of hydrogen-bond donors (Lipinski definition) is 2. The van der Waals surface area contributed by atoms with Gasteiger partial charge in [0.15, 0.2) is 0 Å². The monoisotopic (exact) mass is 312 g/mol. The Bertz CT molecular complexity index is 415. The van der Waals surface area contributed by atoms with Crippen LogP contribution >= 0.6 is 0 Å². The van der Waals surface area contributed by atoms with Crippen molar-refractivity contribution >= 4 is 12.2 Å². The van der Waals surface area contributed by atoms with Gasteiger partial charge < -0.3 is 20.1 Å². The van der Waals surface area contributed by atoms with E-state index in [-0.39, 0.29) is 6.04 Å². The SMILES string of the molecule is CC(C)(C)OC(=O)NC1CN(C(=O)O)CCC1CC1CCC1. The van der Waals surface area contributed by atoms with Crippen LogP contribution in [0.5, 0.6) is 0 Å². The van der Waals surface area contributed by atoms with Gasteiger partial charge in [-0.3, -0.25) is 0 Å². The first-order chi connectivity index (χ1) is 10.2. The molecule has 2 atom stereocenters. The standard InChI is InChI=1S/C16H28N2O4/c1-16(2,3)22-14(19)17-13-10-18(15(20)21)8-7-12(13)9-11-5-4-6-11/h11-13H,4-10H2,1-3H3,(H,17,19)(H,20,21). The molecule has 0 spiro atoms. The third kappa shape index (κ3) is 4.78. The largest absolute Gasteiger partial charge is 0.465 e. The average molecular weight is 312 g/mol. The first-order valence-corrected chi connectivity index (χ1v) is 8.22. The number of carbonyl (C=O) groups is 2. The van der Waals surface area contributed by atoms with Crippen LogP contribution < -0.4 is 5.32 Å². The zero-order valence-corrected chi connectivity index (χ0v) is 13.8. The summed E-state index contributed by atoms with van der Waals surface area (Å²) in [6.07, 6.45) is 4.33. The molecule has 22 heavy (non-hydrogen) atoms. The van der Waals surface area contributed by atoms with Gasteiger partial charge in [-0.1, -0.05) is 19.3 Å². The topological polar surface area (TPSA) is 78.9 Å². The predicted molar refractivity (Wildman–Crippen MR) is 82.8 cm³/mol. The molecule has 2 N–H and O–H groups in total. The summed E-state index contributed by atoms with van der Waals surface area (Å²) in [6.45, 7) is 6.37. The minimum Gasteiger partial charge on any atom is -0.465 e. The first kappa shape index (κ1) is 16.9. The van der Waals surface area contributed by atoms with Crippen LogP contribution in [0.3, 0.4) is 0 Å². The molecule has 126 valence electrons. The molecule has 0 aromatic heterocycles. The second kappa shape index (κ2) is 6.75. The van der Waals surface area contributed by atoms with Crippen molar-refractivity contribution in [3.63, 3.8) is 0 Å². The Labute approximate surface area is 132 Å². The normalized spacial score (nSPS) is 26.2. The number of nitrogens with zero attached hydrogens (tertiary/aromatic N) is 1. The molecule has 2 unspecified atom stereocenters. The summed E-state index contributed by atoms with van der Waals surface area (Å²) in [5, 5.41) is 12.1. The number of rotatable bonds is 3. The minimum atomic E-state index is -0.918. The summed E-state index contributed by atoms with van der Waals surface area (Å²) in [6, 6.07) is -0.153.